The molecule has 0 saturated carbocycles. The Hall–Kier alpha value is -2.04. The highest BCUT2D eigenvalue weighted by Crippen LogP contribution is 2.33. The van der Waals surface area contributed by atoms with Crippen LogP contribution in [0.4, 0.5) is 0 Å². The Morgan fingerprint density at radius 2 is 1.88 bits per heavy atom. The molecule has 25 heavy (non-hydrogen) atoms. The molecule has 2 aromatic rings. The molecule has 0 radical (unpaired) electrons. The van der Waals surface area contributed by atoms with Gasteiger partial charge in [0, 0.05) is 18.7 Å². The third-order valence-electron chi connectivity index (χ3n) is 4.91. The average molecular weight is 375 g/mol. The van der Waals surface area contributed by atoms with Gasteiger partial charge in [-0.25, -0.2) is 0 Å². The molecule has 1 saturated heterocycles. The number of rotatable bonds is 1. The van der Waals surface area contributed by atoms with Crippen molar-refractivity contribution >= 4 is 35.0 Å². The highest BCUT2D eigenvalue weighted by Gasteiger charge is 2.38. The lowest BCUT2D eigenvalue weighted by Gasteiger charge is -2.44. The molecule has 1 fully saturated rings. The minimum absolute atomic E-state index is 0.0147. The van der Waals surface area contributed by atoms with Crippen molar-refractivity contribution in [2.75, 3.05) is 19.6 Å². The first-order valence-corrected chi connectivity index (χ1v) is 8.92. The van der Waals surface area contributed by atoms with Gasteiger partial charge in [0.25, 0.3) is 5.91 Å². The van der Waals surface area contributed by atoms with Crippen LogP contribution >= 0.6 is 23.2 Å². The van der Waals surface area contributed by atoms with Crippen LogP contribution in [0.2, 0.25) is 10.0 Å². The summed E-state index contributed by atoms with van der Waals surface area (Å²) in [6, 6.07) is 12.8. The number of halogens is 2. The Balaban J connectivity index is 1.64. The number of benzene rings is 2. The maximum Gasteiger partial charge on any atom is 0.254 e. The van der Waals surface area contributed by atoms with E-state index in [9.17, 15) is 9.59 Å². The molecule has 2 aliphatic heterocycles. The summed E-state index contributed by atoms with van der Waals surface area (Å²) in [4.78, 5) is 28.9. The molecule has 128 valence electrons. The minimum atomic E-state index is -0.199. The second-order valence-corrected chi connectivity index (χ2v) is 7.18. The molecule has 2 heterocycles. The number of hydrogen-bond donors (Lipinski definition) is 0. The lowest BCUT2D eigenvalue weighted by Crippen LogP contribution is -2.55. The average Bonchev–Trinajstić information content (AvgIpc) is 2.63. The highest BCUT2D eigenvalue weighted by atomic mass is 35.5. The van der Waals surface area contributed by atoms with Gasteiger partial charge in [-0.3, -0.25) is 9.59 Å². The molecule has 0 aliphatic carbocycles. The Kier molecular flexibility index (Phi) is 4.18. The van der Waals surface area contributed by atoms with Crippen LogP contribution in [-0.2, 0) is 11.2 Å². The number of hydrogen-bond acceptors (Lipinski definition) is 2. The van der Waals surface area contributed by atoms with Gasteiger partial charge in [0.15, 0.2) is 0 Å². The van der Waals surface area contributed by atoms with Crippen molar-refractivity contribution < 1.29 is 9.59 Å². The third kappa shape index (κ3) is 2.90. The van der Waals surface area contributed by atoms with E-state index >= 15 is 0 Å². The Morgan fingerprint density at radius 1 is 1.08 bits per heavy atom. The number of piperazine rings is 1. The molecule has 0 bridgehead atoms. The SMILES string of the molecule is O=C(c1ccc(Cl)c(Cl)c1)N1CC(=O)N2CCc3ccccc3C2C1. The van der Waals surface area contributed by atoms with E-state index < -0.39 is 0 Å². The van der Waals surface area contributed by atoms with E-state index in [1.807, 2.05) is 23.1 Å². The number of nitrogens with zero attached hydrogens (tertiary/aromatic N) is 2. The second kappa shape index (κ2) is 6.36. The molecule has 1 unspecified atom stereocenters. The predicted molar refractivity (Wildman–Crippen MR) is 97.0 cm³/mol. The minimum Gasteiger partial charge on any atom is -0.332 e. The molecule has 2 aromatic carbocycles. The molecule has 1 atom stereocenters. The van der Waals surface area contributed by atoms with E-state index in [-0.39, 0.29) is 24.4 Å². The third-order valence-corrected chi connectivity index (χ3v) is 5.64. The first-order valence-electron chi connectivity index (χ1n) is 8.16. The fraction of sp³-hybridized carbons (Fsp3) is 0.263. The topological polar surface area (TPSA) is 40.6 Å². The summed E-state index contributed by atoms with van der Waals surface area (Å²) >= 11 is 11.9. The van der Waals surface area contributed by atoms with E-state index in [0.29, 0.717) is 28.7 Å². The summed E-state index contributed by atoms with van der Waals surface area (Å²) < 4.78 is 0. The van der Waals surface area contributed by atoms with Gasteiger partial charge >= 0.3 is 0 Å². The molecule has 4 rings (SSSR count). The van der Waals surface area contributed by atoms with E-state index in [1.54, 1.807) is 23.1 Å². The van der Waals surface area contributed by atoms with Crippen LogP contribution in [0.5, 0.6) is 0 Å². The van der Waals surface area contributed by atoms with Crippen LogP contribution in [0, 0.1) is 0 Å². The van der Waals surface area contributed by atoms with Crippen molar-refractivity contribution in [2.24, 2.45) is 0 Å². The van der Waals surface area contributed by atoms with Crippen molar-refractivity contribution in [3.05, 3.63) is 69.2 Å². The molecule has 0 N–H and O–H groups in total. The summed E-state index contributed by atoms with van der Waals surface area (Å²) in [6.07, 6.45) is 0.860. The predicted octanol–water partition coefficient (Wildman–Crippen LogP) is 3.58. The van der Waals surface area contributed by atoms with E-state index in [1.165, 1.54) is 5.56 Å². The van der Waals surface area contributed by atoms with Crippen molar-refractivity contribution in [1.82, 2.24) is 9.80 Å². The zero-order valence-electron chi connectivity index (χ0n) is 13.4. The monoisotopic (exact) mass is 374 g/mol. The lowest BCUT2D eigenvalue weighted by atomic mass is 9.90. The molecule has 0 spiro atoms. The summed E-state index contributed by atoms with van der Waals surface area (Å²) in [5, 5.41) is 0.737. The van der Waals surface area contributed by atoms with Crippen LogP contribution in [0.15, 0.2) is 42.5 Å². The van der Waals surface area contributed by atoms with Crippen molar-refractivity contribution in [1.29, 1.82) is 0 Å². The number of carbonyl (C=O) groups is 2. The van der Waals surface area contributed by atoms with Crippen LogP contribution in [0.3, 0.4) is 0 Å². The summed E-state index contributed by atoms with van der Waals surface area (Å²) in [5.41, 5.74) is 2.83. The molecule has 4 nitrogen and oxygen atoms in total. The van der Waals surface area contributed by atoms with Crippen LogP contribution in [0.25, 0.3) is 0 Å². The van der Waals surface area contributed by atoms with Gasteiger partial charge in [-0.2, -0.15) is 0 Å². The number of amides is 2. The Labute approximate surface area is 155 Å². The molecule has 0 aromatic heterocycles. The quantitative estimate of drug-likeness (QED) is 0.765. The summed E-state index contributed by atoms with van der Waals surface area (Å²) in [7, 11) is 0. The van der Waals surface area contributed by atoms with E-state index in [0.717, 1.165) is 12.0 Å². The maximum absolute atomic E-state index is 12.8. The fourth-order valence-corrected chi connectivity index (χ4v) is 3.94. The molecule has 2 aliphatic rings. The van der Waals surface area contributed by atoms with E-state index in [4.69, 9.17) is 23.2 Å². The number of carbonyl (C=O) groups excluding carboxylic acids is 2. The van der Waals surface area contributed by atoms with Crippen LogP contribution in [0.1, 0.15) is 27.5 Å². The first-order chi connectivity index (χ1) is 12.0. The lowest BCUT2D eigenvalue weighted by molar-refractivity contribution is -0.139. The summed E-state index contributed by atoms with van der Waals surface area (Å²) in [5.74, 6) is -0.214. The highest BCUT2D eigenvalue weighted by molar-refractivity contribution is 6.42. The van der Waals surface area contributed by atoms with Gasteiger partial charge in [-0.1, -0.05) is 47.5 Å². The van der Waals surface area contributed by atoms with Crippen LogP contribution in [-0.4, -0.2) is 41.2 Å². The van der Waals surface area contributed by atoms with Gasteiger partial charge in [0.05, 0.1) is 16.1 Å². The molecular weight excluding hydrogens is 359 g/mol. The molecule has 2 amide bonds. The zero-order chi connectivity index (χ0) is 17.6. The van der Waals surface area contributed by atoms with Crippen molar-refractivity contribution in [3.63, 3.8) is 0 Å². The largest absolute Gasteiger partial charge is 0.332 e. The van der Waals surface area contributed by atoms with Gasteiger partial charge in [-0.05, 0) is 35.7 Å². The van der Waals surface area contributed by atoms with Gasteiger partial charge in [0.1, 0.15) is 6.54 Å². The van der Waals surface area contributed by atoms with Gasteiger partial charge < -0.3 is 9.80 Å². The van der Waals surface area contributed by atoms with E-state index in [2.05, 4.69) is 6.07 Å². The smallest absolute Gasteiger partial charge is 0.254 e. The Bertz CT molecular complexity index is 868. The fourth-order valence-electron chi connectivity index (χ4n) is 3.64. The van der Waals surface area contributed by atoms with Gasteiger partial charge in [-0.15, -0.1) is 0 Å². The first kappa shape index (κ1) is 16.4. The molecule has 6 heteroatoms. The van der Waals surface area contributed by atoms with Crippen molar-refractivity contribution in [2.45, 2.75) is 12.5 Å². The van der Waals surface area contributed by atoms with Gasteiger partial charge in [0.2, 0.25) is 5.91 Å². The number of fused-ring (bicyclic) bond motifs is 3. The van der Waals surface area contributed by atoms with Crippen LogP contribution < -0.4 is 0 Å². The van der Waals surface area contributed by atoms with Crippen molar-refractivity contribution in [3.8, 4) is 0 Å². The second-order valence-electron chi connectivity index (χ2n) is 6.37. The maximum atomic E-state index is 12.8. The molecular formula is C19H16Cl2N2O2. The standard InChI is InChI=1S/C19H16Cl2N2O2/c20-15-6-5-13(9-16(15)21)19(25)22-10-17-14-4-2-1-3-12(14)7-8-23(17)18(24)11-22/h1-6,9,17H,7-8,10-11H2. The summed E-state index contributed by atoms with van der Waals surface area (Å²) in [6.45, 7) is 1.29. The Morgan fingerprint density at radius 3 is 2.68 bits per heavy atom. The zero-order valence-corrected chi connectivity index (χ0v) is 14.9. The normalized spacial score (nSPS) is 19.4.